The summed E-state index contributed by atoms with van der Waals surface area (Å²) in [7, 11) is 0. The average molecular weight is 170 g/mol. The van der Waals surface area contributed by atoms with Gasteiger partial charge in [0, 0.05) is 6.42 Å². The molecule has 0 aromatic carbocycles. The highest BCUT2D eigenvalue weighted by atomic mass is 16.6. The first kappa shape index (κ1) is 9.26. The largest absolute Gasteiger partial charge is 0.435 e. The molecule has 0 aromatic rings. The molecule has 1 unspecified atom stereocenters. The number of aliphatic hydroxyl groups excluding tert-OH is 1. The zero-order valence-electron chi connectivity index (χ0n) is 7.25. The Morgan fingerprint density at radius 2 is 2.58 bits per heavy atom. The van der Waals surface area contributed by atoms with Crippen LogP contribution in [0.1, 0.15) is 26.2 Å². The Hall–Kier alpha value is -0.830. The number of allylic oxidation sites excluding steroid dienone is 1. The lowest BCUT2D eigenvalue weighted by molar-refractivity contribution is -0.158. The summed E-state index contributed by atoms with van der Waals surface area (Å²) < 4.78 is 4.69. The molecule has 3 nitrogen and oxygen atoms in total. The zero-order valence-corrected chi connectivity index (χ0v) is 7.25. The summed E-state index contributed by atoms with van der Waals surface area (Å²) in [5.74, 6) is -0.294. The maximum Gasteiger partial charge on any atom is 0.314 e. The average Bonchev–Trinajstić information content (AvgIpc) is 2.28. The van der Waals surface area contributed by atoms with Crippen LogP contribution in [0.4, 0.5) is 0 Å². The lowest BCUT2D eigenvalue weighted by Crippen LogP contribution is -2.24. The first-order chi connectivity index (χ1) is 5.64. The van der Waals surface area contributed by atoms with Crippen molar-refractivity contribution < 1.29 is 14.6 Å². The summed E-state index contributed by atoms with van der Waals surface area (Å²) in [6.07, 6.45) is 2.45. The second-order valence-corrected chi connectivity index (χ2v) is 3.19. The number of cyclic esters (lactones) is 1. The van der Waals surface area contributed by atoms with Gasteiger partial charge in [0.2, 0.25) is 6.29 Å². The summed E-state index contributed by atoms with van der Waals surface area (Å²) in [6, 6.07) is 0. The lowest BCUT2D eigenvalue weighted by atomic mass is 9.80. The molecule has 1 fully saturated rings. The third-order valence-electron chi connectivity index (χ3n) is 2.45. The summed E-state index contributed by atoms with van der Waals surface area (Å²) in [6.45, 7) is 5.51. The third kappa shape index (κ3) is 1.37. The van der Waals surface area contributed by atoms with Crippen molar-refractivity contribution in [2.75, 3.05) is 0 Å². The SMILES string of the molecule is C=CC[C@]1(CC)CC(O)OC1=O. The summed E-state index contributed by atoms with van der Waals surface area (Å²) >= 11 is 0. The van der Waals surface area contributed by atoms with Crippen LogP contribution in [-0.2, 0) is 9.53 Å². The van der Waals surface area contributed by atoms with Gasteiger partial charge in [-0.3, -0.25) is 4.79 Å². The highest BCUT2D eigenvalue weighted by molar-refractivity contribution is 5.79. The van der Waals surface area contributed by atoms with E-state index in [9.17, 15) is 4.79 Å². The molecule has 1 rings (SSSR count). The predicted molar refractivity (Wildman–Crippen MR) is 44.3 cm³/mol. The molecule has 2 atom stereocenters. The Balaban J connectivity index is 2.78. The molecule has 0 amide bonds. The molecule has 0 aliphatic carbocycles. The van der Waals surface area contributed by atoms with E-state index in [4.69, 9.17) is 5.11 Å². The van der Waals surface area contributed by atoms with Crippen LogP contribution < -0.4 is 0 Å². The molecule has 1 saturated heterocycles. The summed E-state index contributed by atoms with van der Waals surface area (Å²) in [5.41, 5.74) is -0.513. The number of carbonyl (C=O) groups is 1. The second kappa shape index (κ2) is 3.27. The minimum Gasteiger partial charge on any atom is -0.435 e. The van der Waals surface area contributed by atoms with Gasteiger partial charge in [-0.25, -0.2) is 0 Å². The van der Waals surface area contributed by atoms with Gasteiger partial charge in [0.25, 0.3) is 0 Å². The van der Waals surface area contributed by atoms with E-state index in [0.29, 0.717) is 19.3 Å². The maximum atomic E-state index is 11.3. The van der Waals surface area contributed by atoms with Crippen LogP contribution in [0, 0.1) is 5.41 Å². The molecule has 1 aliphatic heterocycles. The van der Waals surface area contributed by atoms with Gasteiger partial charge in [-0.2, -0.15) is 0 Å². The van der Waals surface area contributed by atoms with E-state index in [2.05, 4.69) is 11.3 Å². The standard InChI is InChI=1S/C9H14O3/c1-3-5-9(4-2)6-7(10)12-8(9)11/h3,7,10H,1,4-6H2,2H3/t7?,9-/m1/s1. The van der Waals surface area contributed by atoms with Crippen molar-refractivity contribution in [3.8, 4) is 0 Å². The van der Waals surface area contributed by atoms with Gasteiger partial charge in [0.05, 0.1) is 5.41 Å². The first-order valence-corrected chi connectivity index (χ1v) is 4.14. The summed E-state index contributed by atoms with van der Waals surface area (Å²) in [5, 5.41) is 9.12. The van der Waals surface area contributed by atoms with E-state index in [1.54, 1.807) is 6.08 Å². The maximum absolute atomic E-state index is 11.3. The third-order valence-corrected chi connectivity index (χ3v) is 2.45. The van der Waals surface area contributed by atoms with Gasteiger partial charge in [0.1, 0.15) is 0 Å². The number of aliphatic hydroxyl groups is 1. The van der Waals surface area contributed by atoms with Crippen molar-refractivity contribution in [2.45, 2.75) is 32.5 Å². The molecule has 0 spiro atoms. The fourth-order valence-corrected chi connectivity index (χ4v) is 1.58. The van der Waals surface area contributed by atoms with Crippen molar-refractivity contribution >= 4 is 5.97 Å². The Morgan fingerprint density at radius 1 is 1.92 bits per heavy atom. The number of carbonyl (C=O) groups excluding carboxylic acids is 1. The Bertz CT molecular complexity index is 200. The quantitative estimate of drug-likeness (QED) is 0.511. The van der Waals surface area contributed by atoms with E-state index in [1.807, 2.05) is 6.92 Å². The van der Waals surface area contributed by atoms with Crippen LogP contribution in [0.3, 0.4) is 0 Å². The number of rotatable bonds is 3. The molecule has 68 valence electrons. The monoisotopic (exact) mass is 170 g/mol. The molecule has 0 bridgehead atoms. The van der Waals surface area contributed by atoms with Gasteiger partial charge in [-0.1, -0.05) is 13.0 Å². The van der Waals surface area contributed by atoms with E-state index in [1.165, 1.54) is 0 Å². The fourth-order valence-electron chi connectivity index (χ4n) is 1.58. The van der Waals surface area contributed by atoms with Crippen LogP contribution in [-0.4, -0.2) is 17.4 Å². The van der Waals surface area contributed by atoms with Crippen LogP contribution in [0.5, 0.6) is 0 Å². The highest BCUT2D eigenvalue weighted by Crippen LogP contribution is 2.39. The minimum atomic E-state index is -0.919. The van der Waals surface area contributed by atoms with Crippen molar-refractivity contribution in [3.05, 3.63) is 12.7 Å². The number of ether oxygens (including phenoxy) is 1. The van der Waals surface area contributed by atoms with Crippen LogP contribution in [0.25, 0.3) is 0 Å². The van der Waals surface area contributed by atoms with Crippen LogP contribution in [0.2, 0.25) is 0 Å². The van der Waals surface area contributed by atoms with Crippen molar-refractivity contribution in [2.24, 2.45) is 5.41 Å². The van der Waals surface area contributed by atoms with Gasteiger partial charge in [-0.15, -0.1) is 6.58 Å². The molecule has 3 heteroatoms. The van der Waals surface area contributed by atoms with Gasteiger partial charge < -0.3 is 9.84 Å². The second-order valence-electron chi connectivity index (χ2n) is 3.19. The molecule has 1 heterocycles. The smallest absolute Gasteiger partial charge is 0.314 e. The Morgan fingerprint density at radius 3 is 2.92 bits per heavy atom. The van der Waals surface area contributed by atoms with Crippen LogP contribution >= 0.6 is 0 Å². The molecule has 12 heavy (non-hydrogen) atoms. The minimum absolute atomic E-state index is 0.294. The Kier molecular flexibility index (Phi) is 2.52. The normalized spacial score (nSPS) is 34.8. The molecular formula is C9H14O3. The first-order valence-electron chi connectivity index (χ1n) is 4.14. The van der Waals surface area contributed by atoms with E-state index in [-0.39, 0.29) is 5.97 Å². The highest BCUT2D eigenvalue weighted by Gasteiger charge is 2.46. The zero-order chi connectivity index (χ0) is 9.19. The van der Waals surface area contributed by atoms with Crippen molar-refractivity contribution in [3.63, 3.8) is 0 Å². The van der Waals surface area contributed by atoms with Gasteiger partial charge >= 0.3 is 5.97 Å². The molecule has 0 aromatic heterocycles. The molecular weight excluding hydrogens is 156 g/mol. The number of hydrogen-bond donors (Lipinski definition) is 1. The van der Waals surface area contributed by atoms with Crippen molar-refractivity contribution in [1.29, 1.82) is 0 Å². The fraction of sp³-hybridized carbons (Fsp3) is 0.667. The molecule has 0 saturated carbocycles. The Labute approximate surface area is 72.0 Å². The van der Waals surface area contributed by atoms with E-state index >= 15 is 0 Å². The van der Waals surface area contributed by atoms with E-state index in [0.717, 1.165) is 0 Å². The number of esters is 1. The molecule has 1 aliphatic rings. The van der Waals surface area contributed by atoms with Crippen molar-refractivity contribution in [1.82, 2.24) is 0 Å². The van der Waals surface area contributed by atoms with Gasteiger partial charge in [-0.05, 0) is 12.8 Å². The molecule has 0 radical (unpaired) electrons. The van der Waals surface area contributed by atoms with E-state index < -0.39 is 11.7 Å². The predicted octanol–water partition coefficient (Wildman–Crippen LogP) is 1.22. The number of hydrogen-bond acceptors (Lipinski definition) is 3. The topological polar surface area (TPSA) is 46.5 Å². The van der Waals surface area contributed by atoms with Gasteiger partial charge in [0.15, 0.2) is 0 Å². The lowest BCUT2D eigenvalue weighted by Gasteiger charge is -2.19. The van der Waals surface area contributed by atoms with Crippen LogP contribution in [0.15, 0.2) is 12.7 Å². The summed E-state index contributed by atoms with van der Waals surface area (Å²) in [4.78, 5) is 11.3. The molecule has 1 N–H and O–H groups in total.